The van der Waals surface area contributed by atoms with Gasteiger partial charge in [0, 0.05) is 25.4 Å². The van der Waals surface area contributed by atoms with Crippen LogP contribution in [-0.2, 0) is 16.1 Å². The van der Waals surface area contributed by atoms with Gasteiger partial charge in [0.1, 0.15) is 6.54 Å². The first-order valence-corrected chi connectivity index (χ1v) is 6.88. The highest BCUT2D eigenvalue weighted by atomic mass is 16.4. The minimum Gasteiger partial charge on any atom is -0.481 e. The Bertz CT molecular complexity index is 539. The predicted octanol–water partition coefficient (Wildman–Crippen LogP) is 0.497. The molecule has 1 heterocycles. The molecule has 0 bridgehead atoms. The Balaban J connectivity index is 2.51. The number of carbonyl (C=O) groups excluding carboxylic acids is 1. The third-order valence-corrected chi connectivity index (χ3v) is 2.95. The Kier molecular flexibility index (Phi) is 6.58. The van der Waals surface area contributed by atoms with Gasteiger partial charge in [0.15, 0.2) is 0 Å². The van der Waals surface area contributed by atoms with Crippen molar-refractivity contribution in [1.29, 1.82) is 0 Å². The molecule has 0 aliphatic heterocycles. The summed E-state index contributed by atoms with van der Waals surface area (Å²) in [4.78, 5) is 37.5. The maximum atomic E-state index is 11.8. The Hall–Kier alpha value is -2.18. The predicted molar refractivity (Wildman–Crippen MR) is 76.7 cm³/mol. The molecule has 7 nitrogen and oxygen atoms in total. The summed E-state index contributed by atoms with van der Waals surface area (Å²) in [5.41, 5.74) is -0.489. The van der Waals surface area contributed by atoms with Gasteiger partial charge in [-0.2, -0.15) is 0 Å². The van der Waals surface area contributed by atoms with Crippen LogP contribution in [0.4, 0.5) is 0 Å². The van der Waals surface area contributed by atoms with Gasteiger partial charge in [0.05, 0.1) is 0 Å². The third kappa shape index (κ3) is 6.69. The lowest BCUT2D eigenvalue weighted by molar-refractivity contribution is -0.138. The molecule has 1 atom stereocenters. The first kappa shape index (κ1) is 16.9. The van der Waals surface area contributed by atoms with Crippen LogP contribution in [0.1, 0.15) is 26.7 Å². The standard InChI is InChI=1S/C14H21N3O4/c1-10(2)6-11(7-13(19)20)8-16-12(18)9-17-5-3-4-15-14(17)21/h3-5,10-11H,6-9H2,1-2H3,(H,16,18)(H,19,20)/t11-/m0/s1. The molecule has 0 fully saturated rings. The molecule has 0 unspecified atom stereocenters. The molecule has 1 aromatic rings. The summed E-state index contributed by atoms with van der Waals surface area (Å²) in [6.45, 7) is 4.18. The maximum Gasteiger partial charge on any atom is 0.347 e. The largest absolute Gasteiger partial charge is 0.481 e. The number of rotatable bonds is 8. The van der Waals surface area contributed by atoms with Crippen molar-refractivity contribution >= 4 is 11.9 Å². The number of hydrogen-bond donors (Lipinski definition) is 2. The topological polar surface area (TPSA) is 101 Å². The summed E-state index contributed by atoms with van der Waals surface area (Å²) in [6, 6.07) is 1.57. The van der Waals surface area contributed by atoms with Gasteiger partial charge in [-0.15, -0.1) is 0 Å². The van der Waals surface area contributed by atoms with Crippen molar-refractivity contribution in [2.24, 2.45) is 11.8 Å². The minimum absolute atomic E-state index is 0.0191. The summed E-state index contributed by atoms with van der Waals surface area (Å²) in [5, 5.41) is 11.5. The zero-order valence-corrected chi connectivity index (χ0v) is 12.3. The van der Waals surface area contributed by atoms with E-state index in [-0.39, 0.29) is 24.8 Å². The Labute approximate surface area is 123 Å². The number of aliphatic carboxylic acids is 1. The second kappa shape index (κ2) is 8.18. The van der Waals surface area contributed by atoms with E-state index in [1.807, 2.05) is 13.8 Å². The SMILES string of the molecule is CC(C)C[C@H](CNC(=O)Cn1cccnc1=O)CC(=O)O. The first-order chi connectivity index (χ1) is 9.88. The highest BCUT2D eigenvalue weighted by molar-refractivity contribution is 5.75. The van der Waals surface area contributed by atoms with Crippen LogP contribution in [-0.4, -0.2) is 33.1 Å². The lowest BCUT2D eigenvalue weighted by Gasteiger charge is -2.17. The first-order valence-electron chi connectivity index (χ1n) is 6.88. The molecule has 7 heteroatoms. The van der Waals surface area contributed by atoms with Crippen LogP contribution in [0.15, 0.2) is 23.3 Å². The van der Waals surface area contributed by atoms with Crippen molar-refractivity contribution in [2.75, 3.05) is 6.54 Å². The van der Waals surface area contributed by atoms with Crippen molar-refractivity contribution in [3.8, 4) is 0 Å². The molecule has 0 aromatic carbocycles. The van der Waals surface area contributed by atoms with Gasteiger partial charge in [0.25, 0.3) is 0 Å². The Morgan fingerprint density at radius 2 is 2.14 bits per heavy atom. The smallest absolute Gasteiger partial charge is 0.347 e. The van der Waals surface area contributed by atoms with Crippen LogP contribution in [0, 0.1) is 11.8 Å². The van der Waals surface area contributed by atoms with Crippen LogP contribution in [0.5, 0.6) is 0 Å². The summed E-state index contributed by atoms with van der Waals surface area (Å²) in [7, 11) is 0. The number of aromatic nitrogens is 2. The second-order valence-electron chi connectivity index (χ2n) is 5.43. The monoisotopic (exact) mass is 295 g/mol. The van der Waals surface area contributed by atoms with Crippen molar-refractivity contribution in [1.82, 2.24) is 14.9 Å². The van der Waals surface area contributed by atoms with Gasteiger partial charge in [-0.3, -0.25) is 14.2 Å². The van der Waals surface area contributed by atoms with Gasteiger partial charge in [-0.05, 0) is 24.3 Å². The van der Waals surface area contributed by atoms with E-state index in [0.29, 0.717) is 12.5 Å². The number of nitrogens with one attached hydrogen (secondary N) is 1. The highest BCUT2D eigenvalue weighted by Crippen LogP contribution is 2.14. The fraction of sp³-hybridized carbons (Fsp3) is 0.571. The van der Waals surface area contributed by atoms with Crippen molar-refractivity contribution in [2.45, 2.75) is 33.2 Å². The zero-order valence-electron chi connectivity index (χ0n) is 12.3. The van der Waals surface area contributed by atoms with Gasteiger partial charge in [-0.1, -0.05) is 13.8 Å². The van der Waals surface area contributed by atoms with E-state index in [4.69, 9.17) is 5.11 Å². The summed E-state index contributed by atoms with van der Waals surface area (Å²) >= 11 is 0. The van der Waals surface area contributed by atoms with Crippen LogP contribution in [0.2, 0.25) is 0 Å². The normalized spacial score (nSPS) is 12.1. The quantitative estimate of drug-likeness (QED) is 0.727. The molecule has 21 heavy (non-hydrogen) atoms. The molecule has 0 saturated carbocycles. The molecule has 0 spiro atoms. The summed E-state index contributed by atoms with van der Waals surface area (Å²) in [5.74, 6) is -0.966. The van der Waals surface area contributed by atoms with E-state index < -0.39 is 11.7 Å². The minimum atomic E-state index is -0.877. The number of hydrogen-bond acceptors (Lipinski definition) is 4. The lowest BCUT2D eigenvalue weighted by Crippen LogP contribution is -2.36. The number of amides is 1. The Morgan fingerprint density at radius 3 is 2.71 bits per heavy atom. The number of nitrogens with zero attached hydrogens (tertiary/aromatic N) is 2. The van der Waals surface area contributed by atoms with Crippen LogP contribution in [0.3, 0.4) is 0 Å². The van der Waals surface area contributed by atoms with Crippen molar-refractivity contribution in [3.05, 3.63) is 28.9 Å². The Morgan fingerprint density at radius 1 is 1.43 bits per heavy atom. The molecule has 0 aliphatic rings. The lowest BCUT2D eigenvalue weighted by atomic mass is 9.94. The number of carboxylic acid groups (broad SMARTS) is 1. The summed E-state index contributed by atoms with van der Waals surface area (Å²) < 4.78 is 1.20. The van der Waals surface area contributed by atoms with E-state index in [1.54, 1.807) is 6.07 Å². The van der Waals surface area contributed by atoms with Gasteiger partial charge < -0.3 is 10.4 Å². The summed E-state index contributed by atoms with van der Waals surface area (Å²) in [6.07, 6.45) is 3.59. The van der Waals surface area contributed by atoms with E-state index in [1.165, 1.54) is 17.0 Å². The van der Waals surface area contributed by atoms with Gasteiger partial charge in [-0.25, -0.2) is 9.78 Å². The average Bonchev–Trinajstić information content (AvgIpc) is 2.37. The number of carboxylic acids is 1. The third-order valence-electron chi connectivity index (χ3n) is 2.95. The highest BCUT2D eigenvalue weighted by Gasteiger charge is 2.16. The number of carbonyl (C=O) groups is 2. The van der Waals surface area contributed by atoms with E-state index in [0.717, 1.165) is 6.42 Å². The van der Waals surface area contributed by atoms with Crippen molar-refractivity contribution in [3.63, 3.8) is 0 Å². The molecule has 2 N–H and O–H groups in total. The van der Waals surface area contributed by atoms with Crippen molar-refractivity contribution < 1.29 is 14.7 Å². The molecular formula is C14H21N3O4. The van der Waals surface area contributed by atoms with Gasteiger partial charge >= 0.3 is 11.7 Å². The average molecular weight is 295 g/mol. The molecule has 0 radical (unpaired) electrons. The van der Waals surface area contributed by atoms with Crippen LogP contribution < -0.4 is 11.0 Å². The maximum absolute atomic E-state index is 11.8. The van der Waals surface area contributed by atoms with E-state index >= 15 is 0 Å². The molecule has 1 aromatic heterocycles. The fourth-order valence-electron chi connectivity index (χ4n) is 2.13. The van der Waals surface area contributed by atoms with E-state index in [2.05, 4.69) is 10.3 Å². The zero-order chi connectivity index (χ0) is 15.8. The van der Waals surface area contributed by atoms with Crippen LogP contribution >= 0.6 is 0 Å². The van der Waals surface area contributed by atoms with E-state index in [9.17, 15) is 14.4 Å². The molecule has 0 saturated heterocycles. The second-order valence-corrected chi connectivity index (χ2v) is 5.43. The molecule has 116 valence electrons. The molecule has 1 rings (SSSR count). The fourth-order valence-corrected chi connectivity index (χ4v) is 2.13. The molecule has 0 aliphatic carbocycles. The molecular weight excluding hydrogens is 274 g/mol. The van der Waals surface area contributed by atoms with Gasteiger partial charge in [0.2, 0.25) is 5.91 Å². The molecule has 1 amide bonds. The van der Waals surface area contributed by atoms with Crippen LogP contribution in [0.25, 0.3) is 0 Å².